The van der Waals surface area contributed by atoms with Gasteiger partial charge in [0.2, 0.25) is 0 Å². The molecular formula is C40H47N11O3. The highest BCUT2D eigenvalue weighted by molar-refractivity contribution is 5.89. The van der Waals surface area contributed by atoms with Crippen molar-refractivity contribution in [3.8, 4) is 34.1 Å². The lowest BCUT2D eigenvalue weighted by Gasteiger charge is -2.36. The average molecular weight is 730 g/mol. The summed E-state index contributed by atoms with van der Waals surface area (Å²) in [5, 5.41) is 48.7. The maximum absolute atomic E-state index is 10.6. The summed E-state index contributed by atoms with van der Waals surface area (Å²) in [5.41, 5.74) is 2.81. The summed E-state index contributed by atoms with van der Waals surface area (Å²) in [7, 11) is 0. The van der Waals surface area contributed by atoms with Crippen molar-refractivity contribution in [2.24, 2.45) is 0 Å². The Balaban J connectivity index is 0.811. The molecule has 2 aliphatic rings. The Morgan fingerprint density at radius 1 is 0.759 bits per heavy atom. The van der Waals surface area contributed by atoms with Gasteiger partial charge in [-0.05, 0) is 95.2 Å². The normalized spacial score (nSPS) is 18.0. The molecule has 14 heteroatoms. The largest absolute Gasteiger partial charge is 0.507 e. The Morgan fingerprint density at radius 3 is 2.11 bits per heavy atom. The van der Waals surface area contributed by atoms with E-state index in [0.717, 1.165) is 74.3 Å². The second kappa shape index (κ2) is 14.1. The van der Waals surface area contributed by atoms with Crippen LogP contribution in [0.1, 0.15) is 59.3 Å². The predicted octanol–water partition coefficient (Wildman–Crippen LogP) is 5.78. The summed E-state index contributed by atoms with van der Waals surface area (Å²) in [4.78, 5) is 17.4. The van der Waals surface area contributed by atoms with E-state index in [1.165, 1.54) is 0 Å². The van der Waals surface area contributed by atoms with Gasteiger partial charge in [0.15, 0.2) is 28.9 Å². The van der Waals surface area contributed by atoms with Crippen LogP contribution in [0.3, 0.4) is 0 Å². The number of phenols is 2. The van der Waals surface area contributed by atoms with Crippen molar-refractivity contribution in [3.63, 3.8) is 0 Å². The van der Waals surface area contributed by atoms with E-state index in [1.54, 1.807) is 43.7 Å². The molecular weight excluding hydrogens is 683 g/mol. The standard InChI is InChI=1S/C40H47N11O3/c1-24-43-32-19-34(53)30(18-35(32)54-24)38-42-21-37(48-49-38)51-15-10-28(23-51)45-40(4,5)12-11-39(2,3)44-27-9-14-50(22-27)36-7-6-31(46-47-36)29-16-25-8-13-41-20-26(25)17-33(29)52/h6-8,13,16-21,27-28,44-45,52-53H,9-12,14-15,22-23H2,1-5H3/t27?,28-/m1/s1. The number of anilines is 2. The zero-order valence-electron chi connectivity index (χ0n) is 31.4. The van der Waals surface area contributed by atoms with Crippen molar-refractivity contribution >= 4 is 33.5 Å². The number of phenolic OH excluding ortho intramolecular Hbond substituents is 2. The number of nitrogens with zero attached hydrogens (tertiary/aromatic N) is 9. The average Bonchev–Trinajstić information content (AvgIpc) is 3.90. The Kier molecular flexibility index (Phi) is 9.26. The molecule has 1 unspecified atom stereocenters. The fourth-order valence-corrected chi connectivity index (χ4v) is 7.81. The topological polar surface area (TPSA) is 174 Å². The van der Waals surface area contributed by atoms with Crippen LogP contribution in [0.4, 0.5) is 11.6 Å². The Bertz CT molecular complexity index is 2270. The van der Waals surface area contributed by atoms with Crippen LogP contribution in [0.2, 0.25) is 0 Å². The van der Waals surface area contributed by atoms with Gasteiger partial charge in [-0.1, -0.05) is 0 Å². The summed E-state index contributed by atoms with van der Waals surface area (Å²) >= 11 is 0. The van der Waals surface area contributed by atoms with Crippen LogP contribution < -0.4 is 20.4 Å². The summed E-state index contributed by atoms with van der Waals surface area (Å²) in [6, 6.07) is 13.4. The van der Waals surface area contributed by atoms with E-state index in [2.05, 4.69) is 83.5 Å². The van der Waals surface area contributed by atoms with E-state index in [0.29, 0.717) is 51.7 Å². The van der Waals surface area contributed by atoms with E-state index in [-0.39, 0.29) is 22.6 Å². The van der Waals surface area contributed by atoms with Gasteiger partial charge in [-0.2, -0.15) is 0 Å². The third kappa shape index (κ3) is 7.62. The van der Waals surface area contributed by atoms with Gasteiger partial charge in [0.05, 0.1) is 17.5 Å². The second-order valence-corrected chi connectivity index (χ2v) is 16.0. The molecule has 2 saturated heterocycles. The molecule has 0 bridgehead atoms. The van der Waals surface area contributed by atoms with Gasteiger partial charge in [-0.3, -0.25) is 4.98 Å². The van der Waals surface area contributed by atoms with Crippen LogP contribution in [0.5, 0.6) is 11.5 Å². The Morgan fingerprint density at radius 2 is 1.44 bits per heavy atom. The number of nitrogens with one attached hydrogen (secondary N) is 2. The van der Waals surface area contributed by atoms with Gasteiger partial charge in [-0.25, -0.2) is 9.97 Å². The summed E-state index contributed by atoms with van der Waals surface area (Å²) in [5.74, 6) is 2.64. The molecule has 0 amide bonds. The highest BCUT2D eigenvalue weighted by atomic mass is 16.3. The maximum atomic E-state index is 10.6. The minimum Gasteiger partial charge on any atom is -0.507 e. The van der Waals surface area contributed by atoms with E-state index in [1.807, 2.05) is 24.3 Å². The highest BCUT2D eigenvalue weighted by Crippen LogP contribution is 2.34. The van der Waals surface area contributed by atoms with Crippen molar-refractivity contribution in [2.45, 2.75) is 83.5 Å². The summed E-state index contributed by atoms with van der Waals surface area (Å²) in [6.07, 6.45) is 9.27. The van der Waals surface area contributed by atoms with E-state index in [9.17, 15) is 10.2 Å². The van der Waals surface area contributed by atoms with Crippen LogP contribution in [-0.4, -0.2) is 94.9 Å². The monoisotopic (exact) mass is 729 g/mol. The molecule has 0 saturated carbocycles. The van der Waals surface area contributed by atoms with Crippen LogP contribution in [0.15, 0.2) is 65.5 Å². The number of rotatable bonds is 11. The molecule has 0 aliphatic carbocycles. The van der Waals surface area contributed by atoms with Crippen LogP contribution >= 0.6 is 0 Å². The summed E-state index contributed by atoms with van der Waals surface area (Å²) in [6.45, 7) is 14.4. The minimum absolute atomic E-state index is 0.0392. The van der Waals surface area contributed by atoms with E-state index >= 15 is 0 Å². The molecule has 6 aromatic rings. The van der Waals surface area contributed by atoms with Gasteiger partial charge in [0, 0.05) is 85.7 Å². The molecule has 8 rings (SSSR count). The molecule has 4 aromatic heterocycles. The summed E-state index contributed by atoms with van der Waals surface area (Å²) < 4.78 is 5.62. The lowest BCUT2D eigenvalue weighted by molar-refractivity contribution is 0.253. The number of oxazole rings is 1. The Labute approximate surface area is 314 Å². The number of hydrogen-bond donors (Lipinski definition) is 4. The van der Waals surface area contributed by atoms with Gasteiger partial charge in [-0.15, -0.1) is 20.4 Å². The molecule has 2 aliphatic heterocycles. The van der Waals surface area contributed by atoms with Crippen molar-refractivity contribution in [3.05, 3.63) is 66.9 Å². The molecule has 14 nitrogen and oxygen atoms in total. The van der Waals surface area contributed by atoms with Gasteiger partial charge in [0.1, 0.15) is 17.0 Å². The van der Waals surface area contributed by atoms with Gasteiger partial charge < -0.3 is 35.1 Å². The number of benzene rings is 2. The number of hydrogen-bond acceptors (Lipinski definition) is 14. The first-order valence-electron chi connectivity index (χ1n) is 18.6. The number of aryl methyl sites for hydroxylation is 1. The fourth-order valence-electron chi connectivity index (χ4n) is 7.81. The SMILES string of the molecule is Cc1nc2cc(O)c(-c3ncc(N4CC[C@@H](NC(C)(C)CCC(C)(C)NC5CCN(c6ccc(-c7cc8ccncc8cc7O)nn6)C5)C4)nn3)cc2o1. The molecule has 2 aromatic carbocycles. The van der Waals surface area contributed by atoms with Crippen molar-refractivity contribution in [2.75, 3.05) is 36.0 Å². The minimum atomic E-state index is -0.0575. The number of aromatic hydroxyl groups is 2. The second-order valence-electron chi connectivity index (χ2n) is 16.0. The van der Waals surface area contributed by atoms with Gasteiger partial charge >= 0.3 is 0 Å². The maximum Gasteiger partial charge on any atom is 0.192 e. The highest BCUT2D eigenvalue weighted by Gasteiger charge is 2.33. The predicted molar refractivity (Wildman–Crippen MR) is 209 cm³/mol. The van der Waals surface area contributed by atoms with E-state index < -0.39 is 0 Å². The third-order valence-electron chi connectivity index (χ3n) is 10.7. The zero-order chi connectivity index (χ0) is 37.6. The van der Waals surface area contributed by atoms with Crippen LogP contribution in [0, 0.1) is 6.92 Å². The smallest absolute Gasteiger partial charge is 0.192 e. The number of aromatic nitrogens is 7. The van der Waals surface area contributed by atoms with Crippen molar-refractivity contribution in [1.82, 2.24) is 46.0 Å². The zero-order valence-corrected chi connectivity index (χ0v) is 31.4. The molecule has 0 spiro atoms. The first kappa shape index (κ1) is 35.6. The fraction of sp³-hybridized carbons (Fsp3) is 0.425. The van der Waals surface area contributed by atoms with E-state index in [4.69, 9.17) is 4.42 Å². The molecule has 2 fully saturated rings. The van der Waals surface area contributed by atoms with Crippen molar-refractivity contribution in [1.29, 1.82) is 0 Å². The molecule has 0 radical (unpaired) electrons. The first-order valence-corrected chi connectivity index (χ1v) is 18.6. The quantitative estimate of drug-likeness (QED) is 0.126. The molecule has 2 atom stereocenters. The van der Waals surface area contributed by atoms with Gasteiger partial charge in [0.25, 0.3) is 0 Å². The number of pyridine rings is 1. The molecule has 54 heavy (non-hydrogen) atoms. The van der Waals surface area contributed by atoms with Crippen LogP contribution in [0.25, 0.3) is 44.5 Å². The molecule has 280 valence electrons. The molecule has 6 heterocycles. The van der Waals surface area contributed by atoms with Crippen LogP contribution in [-0.2, 0) is 0 Å². The third-order valence-corrected chi connectivity index (χ3v) is 10.7. The van der Waals surface area contributed by atoms with Crippen molar-refractivity contribution < 1.29 is 14.6 Å². The molecule has 4 N–H and O–H groups in total. The lowest BCUT2D eigenvalue weighted by atomic mass is 9.88. The first-order chi connectivity index (χ1) is 25.9. The number of fused-ring (bicyclic) bond motifs is 2. The lowest BCUT2D eigenvalue weighted by Crippen LogP contribution is -2.51. The Hall–Kier alpha value is -5.47.